The fourth-order valence-corrected chi connectivity index (χ4v) is 4.20. The molecule has 0 saturated carbocycles. The number of hydrogen-bond donors (Lipinski definition) is 1. The molecule has 8 heteroatoms. The molecule has 0 saturated heterocycles. The summed E-state index contributed by atoms with van der Waals surface area (Å²) in [5, 5.41) is 3.97. The molecule has 168 valence electrons. The van der Waals surface area contributed by atoms with Crippen LogP contribution >= 0.6 is 0 Å². The molecule has 1 amide bonds. The quantitative estimate of drug-likeness (QED) is 0.448. The lowest BCUT2D eigenvalue weighted by atomic mass is 10.1. The number of benzene rings is 2. The number of hydrogen-bond acceptors (Lipinski definition) is 4. The van der Waals surface area contributed by atoms with Gasteiger partial charge in [-0.25, -0.2) is 13.4 Å². The van der Waals surface area contributed by atoms with Crippen LogP contribution in [0.2, 0.25) is 0 Å². The Kier molecular flexibility index (Phi) is 6.39. The Balaban J connectivity index is 1.57. The van der Waals surface area contributed by atoms with Gasteiger partial charge in [-0.15, -0.1) is 0 Å². The summed E-state index contributed by atoms with van der Waals surface area (Å²) in [7, 11) is -2.40. The molecule has 0 radical (unpaired) electrons. The first kappa shape index (κ1) is 22.4. The van der Waals surface area contributed by atoms with Gasteiger partial charge >= 0.3 is 0 Å². The second-order valence-corrected chi connectivity index (χ2v) is 9.60. The molecule has 4 rings (SSSR count). The summed E-state index contributed by atoms with van der Waals surface area (Å²) in [4.78, 5) is 17.5. The Morgan fingerprint density at radius 2 is 1.70 bits per heavy atom. The number of carbonyl (C=O) groups is 1. The van der Waals surface area contributed by atoms with Crippen LogP contribution in [-0.4, -0.2) is 41.6 Å². The number of rotatable bonds is 7. The third-order valence-corrected chi connectivity index (χ3v) is 6.58. The fourth-order valence-electron chi connectivity index (χ4n) is 3.36. The molecule has 2 aromatic heterocycles. The van der Waals surface area contributed by atoms with Crippen LogP contribution in [0.15, 0.2) is 84.4 Å². The van der Waals surface area contributed by atoms with E-state index in [1.54, 1.807) is 16.5 Å². The van der Waals surface area contributed by atoms with E-state index in [9.17, 15) is 13.2 Å². The lowest BCUT2D eigenvalue weighted by Crippen LogP contribution is -2.34. The normalized spacial score (nSPS) is 12.0. The van der Waals surface area contributed by atoms with E-state index in [1.807, 2.05) is 73.8 Å². The van der Waals surface area contributed by atoms with E-state index >= 15 is 0 Å². The smallest absolute Gasteiger partial charge is 0.240 e. The van der Waals surface area contributed by atoms with Crippen LogP contribution in [0.1, 0.15) is 11.1 Å². The Hall–Kier alpha value is -3.75. The van der Waals surface area contributed by atoms with Gasteiger partial charge in [0.05, 0.1) is 6.54 Å². The van der Waals surface area contributed by atoms with Gasteiger partial charge in [0.1, 0.15) is 17.2 Å². The summed E-state index contributed by atoms with van der Waals surface area (Å²) in [6.07, 6.45) is 3.39. The number of fused-ring (bicyclic) bond motifs is 1. The number of amides is 1. The number of aryl methyl sites for hydroxylation is 1. The Morgan fingerprint density at radius 3 is 2.39 bits per heavy atom. The highest BCUT2D eigenvalue weighted by molar-refractivity contribution is 7.92. The molecule has 0 fully saturated rings. The number of carbonyl (C=O) groups excluding carboxylic acids is 1. The summed E-state index contributed by atoms with van der Waals surface area (Å²) < 4.78 is 28.1. The van der Waals surface area contributed by atoms with E-state index in [0.717, 1.165) is 26.4 Å². The molecule has 0 bridgehead atoms. The predicted octanol–water partition coefficient (Wildman–Crippen LogP) is 4.18. The minimum Gasteiger partial charge on any atom is -0.309 e. The SMILES string of the molecule is Cc1ccc2nc(-c3ccccc3)c(NC(=O)CN(C)S(=O)(=O)C=Cc3ccccc3)n2c1. The van der Waals surface area contributed by atoms with Crippen molar-refractivity contribution >= 4 is 33.5 Å². The van der Waals surface area contributed by atoms with Crippen LogP contribution in [0.25, 0.3) is 23.0 Å². The number of imidazole rings is 1. The summed E-state index contributed by atoms with van der Waals surface area (Å²) in [6, 6.07) is 22.5. The van der Waals surface area contributed by atoms with Crippen molar-refractivity contribution in [1.29, 1.82) is 0 Å². The van der Waals surface area contributed by atoms with E-state index in [0.29, 0.717) is 17.2 Å². The first-order valence-corrected chi connectivity index (χ1v) is 11.9. The van der Waals surface area contributed by atoms with E-state index in [4.69, 9.17) is 0 Å². The second-order valence-electron chi connectivity index (χ2n) is 7.67. The summed E-state index contributed by atoms with van der Waals surface area (Å²) >= 11 is 0. The average Bonchev–Trinajstić information content (AvgIpc) is 3.16. The van der Waals surface area contributed by atoms with Crippen LogP contribution in [0.4, 0.5) is 5.82 Å². The molecule has 0 unspecified atom stereocenters. The molecule has 0 aliphatic rings. The first-order chi connectivity index (χ1) is 15.8. The number of sulfonamides is 1. The van der Waals surface area contributed by atoms with Gasteiger partial charge in [0, 0.05) is 24.2 Å². The van der Waals surface area contributed by atoms with Crippen molar-refractivity contribution in [1.82, 2.24) is 13.7 Å². The van der Waals surface area contributed by atoms with Crippen molar-refractivity contribution in [2.24, 2.45) is 0 Å². The Labute approximate surface area is 193 Å². The van der Waals surface area contributed by atoms with Gasteiger partial charge in [-0.2, -0.15) is 4.31 Å². The maximum absolute atomic E-state index is 12.9. The second kappa shape index (κ2) is 9.40. The predicted molar refractivity (Wildman–Crippen MR) is 131 cm³/mol. The number of likely N-dealkylation sites (N-methyl/N-ethyl adjacent to an activating group) is 1. The summed E-state index contributed by atoms with van der Waals surface area (Å²) in [6.45, 7) is 1.61. The fraction of sp³-hybridized carbons (Fsp3) is 0.120. The number of nitrogens with one attached hydrogen (secondary N) is 1. The van der Waals surface area contributed by atoms with E-state index in [2.05, 4.69) is 10.3 Å². The molecule has 33 heavy (non-hydrogen) atoms. The third-order valence-electron chi connectivity index (χ3n) is 5.10. The Morgan fingerprint density at radius 1 is 1.03 bits per heavy atom. The molecule has 0 spiro atoms. The molecule has 0 aliphatic heterocycles. The van der Waals surface area contributed by atoms with Gasteiger partial charge in [0.2, 0.25) is 15.9 Å². The molecular weight excluding hydrogens is 436 g/mol. The van der Waals surface area contributed by atoms with Crippen molar-refractivity contribution < 1.29 is 13.2 Å². The first-order valence-electron chi connectivity index (χ1n) is 10.4. The van der Waals surface area contributed by atoms with Gasteiger partial charge in [-0.1, -0.05) is 66.7 Å². The maximum Gasteiger partial charge on any atom is 0.240 e. The number of nitrogens with zero attached hydrogens (tertiary/aromatic N) is 3. The number of anilines is 1. The van der Waals surface area contributed by atoms with Gasteiger partial charge in [-0.3, -0.25) is 9.20 Å². The van der Waals surface area contributed by atoms with Gasteiger partial charge in [0.25, 0.3) is 0 Å². The molecule has 4 aromatic rings. The van der Waals surface area contributed by atoms with E-state index < -0.39 is 15.9 Å². The zero-order valence-electron chi connectivity index (χ0n) is 18.3. The maximum atomic E-state index is 12.9. The van der Waals surface area contributed by atoms with Gasteiger partial charge in [-0.05, 0) is 30.2 Å². The van der Waals surface area contributed by atoms with Gasteiger partial charge in [0.15, 0.2) is 0 Å². The number of pyridine rings is 1. The zero-order chi connectivity index (χ0) is 23.4. The van der Waals surface area contributed by atoms with E-state index in [1.165, 1.54) is 13.1 Å². The van der Waals surface area contributed by atoms with Gasteiger partial charge < -0.3 is 5.32 Å². The summed E-state index contributed by atoms with van der Waals surface area (Å²) in [5.41, 5.74) is 3.90. The van der Waals surface area contributed by atoms with Crippen molar-refractivity contribution in [2.45, 2.75) is 6.92 Å². The van der Waals surface area contributed by atoms with Crippen molar-refractivity contribution in [3.05, 3.63) is 95.5 Å². The number of aromatic nitrogens is 2. The van der Waals surface area contributed by atoms with Crippen LogP contribution in [0.5, 0.6) is 0 Å². The zero-order valence-corrected chi connectivity index (χ0v) is 19.2. The molecule has 0 aliphatic carbocycles. The third kappa shape index (κ3) is 5.19. The standard InChI is InChI=1S/C25H24N4O3S/c1-19-13-14-22-26-24(21-11-7-4-8-12-21)25(29(22)17-19)27-23(30)18-28(2)33(31,32)16-15-20-9-5-3-6-10-20/h3-17H,18H2,1-2H3,(H,27,30). The van der Waals surface area contributed by atoms with Crippen LogP contribution in [0.3, 0.4) is 0 Å². The average molecular weight is 461 g/mol. The minimum absolute atomic E-state index is 0.339. The van der Waals surface area contributed by atoms with E-state index in [-0.39, 0.29) is 6.54 Å². The molecular formula is C25H24N4O3S. The lowest BCUT2D eigenvalue weighted by molar-refractivity contribution is -0.116. The molecule has 0 atom stereocenters. The van der Waals surface area contributed by atoms with Crippen LogP contribution in [0, 0.1) is 6.92 Å². The van der Waals surface area contributed by atoms with Crippen LogP contribution in [-0.2, 0) is 14.8 Å². The topological polar surface area (TPSA) is 83.8 Å². The largest absolute Gasteiger partial charge is 0.309 e. The van der Waals surface area contributed by atoms with Crippen molar-refractivity contribution in [2.75, 3.05) is 18.9 Å². The molecule has 2 heterocycles. The summed E-state index contributed by atoms with van der Waals surface area (Å²) in [5.74, 6) is 0.0326. The molecule has 2 aromatic carbocycles. The van der Waals surface area contributed by atoms with Crippen LogP contribution < -0.4 is 5.32 Å². The molecule has 1 N–H and O–H groups in total. The highest BCUT2D eigenvalue weighted by Gasteiger charge is 2.21. The lowest BCUT2D eigenvalue weighted by Gasteiger charge is -2.15. The monoisotopic (exact) mass is 460 g/mol. The van der Waals surface area contributed by atoms with Crippen molar-refractivity contribution in [3.63, 3.8) is 0 Å². The van der Waals surface area contributed by atoms with Crippen molar-refractivity contribution in [3.8, 4) is 11.3 Å². The molecule has 7 nitrogen and oxygen atoms in total. The minimum atomic E-state index is -3.77. The highest BCUT2D eigenvalue weighted by Crippen LogP contribution is 2.29. The highest BCUT2D eigenvalue weighted by atomic mass is 32.2. The Bertz CT molecular complexity index is 1410.